The molecule has 0 aliphatic carbocycles. The Morgan fingerprint density at radius 2 is 1.91 bits per heavy atom. The van der Waals surface area contributed by atoms with Crippen LogP contribution in [-0.2, 0) is 0 Å². The normalized spacial score (nSPS) is 16.4. The quantitative estimate of drug-likeness (QED) is 0.905. The lowest BCUT2D eigenvalue weighted by atomic mass is 9.88. The van der Waals surface area contributed by atoms with Gasteiger partial charge in [0.25, 0.3) is 0 Å². The molecule has 1 aliphatic rings. The molecule has 0 amide bonds. The van der Waals surface area contributed by atoms with Crippen LogP contribution in [0.2, 0.25) is 0 Å². The SMILES string of the molecule is COc1ccc(C2COc3cc(O)ccc3C2=O)c(O)c1OC. The molecule has 1 aliphatic heterocycles. The van der Waals surface area contributed by atoms with E-state index in [1.165, 1.54) is 32.4 Å². The monoisotopic (exact) mass is 316 g/mol. The molecule has 1 atom stereocenters. The molecule has 0 saturated carbocycles. The molecule has 0 bridgehead atoms. The summed E-state index contributed by atoms with van der Waals surface area (Å²) in [6.45, 7) is 0.0678. The van der Waals surface area contributed by atoms with Crippen LogP contribution in [0.5, 0.6) is 28.7 Å². The fourth-order valence-electron chi connectivity index (χ4n) is 2.71. The number of fused-ring (bicyclic) bond motifs is 1. The Labute approximate surface area is 132 Å². The summed E-state index contributed by atoms with van der Waals surface area (Å²) in [5.74, 6) is -0.0654. The lowest BCUT2D eigenvalue weighted by Crippen LogP contribution is -2.26. The number of benzene rings is 2. The predicted molar refractivity (Wildman–Crippen MR) is 81.9 cm³/mol. The molecule has 0 saturated heterocycles. The standard InChI is InChI=1S/C17H16O6/c1-21-13-6-5-10(16(20)17(13)22-2)12-8-23-14-7-9(18)3-4-11(14)15(12)19/h3-7,12,18,20H,8H2,1-2H3. The van der Waals surface area contributed by atoms with Gasteiger partial charge in [0.1, 0.15) is 18.1 Å². The molecule has 0 radical (unpaired) electrons. The van der Waals surface area contributed by atoms with E-state index in [9.17, 15) is 15.0 Å². The van der Waals surface area contributed by atoms with Crippen molar-refractivity contribution in [3.63, 3.8) is 0 Å². The number of hydrogen-bond donors (Lipinski definition) is 2. The van der Waals surface area contributed by atoms with Crippen molar-refractivity contribution in [1.29, 1.82) is 0 Å². The number of hydrogen-bond acceptors (Lipinski definition) is 6. The van der Waals surface area contributed by atoms with E-state index in [-0.39, 0.29) is 29.6 Å². The summed E-state index contributed by atoms with van der Waals surface area (Å²) in [6.07, 6.45) is 0. The molecule has 0 aromatic heterocycles. The van der Waals surface area contributed by atoms with Crippen LogP contribution in [0.15, 0.2) is 30.3 Å². The third-order valence-corrected chi connectivity index (χ3v) is 3.88. The highest BCUT2D eigenvalue weighted by Crippen LogP contribution is 2.44. The molecule has 0 fully saturated rings. The minimum atomic E-state index is -0.660. The number of carbonyl (C=O) groups excluding carboxylic acids is 1. The Morgan fingerprint density at radius 1 is 1.13 bits per heavy atom. The van der Waals surface area contributed by atoms with Gasteiger partial charge >= 0.3 is 0 Å². The summed E-state index contributed by atoms with van der Waals surface area (Å²) in [4.78, 5) is 12.7. The minimum Gasteiger partial charge on any atom is -0.508 e. The summed E-state index contributed by atoms with van der Waals surface area (Å²) in [5, 5.41) is 19.9. The van der Waals surface area contributed by atoms with Crippen LogP contribution >= 0.6 is 0 Å². The molecule has 2 aromatic rings. The molecule has 1 heterocycles. The van der Waals surface area contributed by atoms with Crippen molar-refractivity contribution in [3.05, 3.63) is 41.5 Å². The van der Waals surface area contributed by atoms with E-state index in [4.69, 9.17) is 14.2 Å². The molecule has 23 heavy (non-hydrogen) atoms. The van der Waals surface area contributed by atoms with Gasteiger partial charge in [0.2, 0.25) is 5.75 Å². The first-order chi connectivity index (χ1) is 11.1. The summed E-state index contributed by atoms with van der Waals surface area (Å²) in [5.41, 5.74) is 0.777. The molecule has 6 heteroatoms. The van der Waals surface area contributed by atoms with Crippen LogP contribution in [0.1, 0.15) is 21.8 Å². The van der Waals surface area contributed by atoms with Gasteiger partial charge in [-0.25, -0.2) is 0 Å². The van der Waals surface area contributed by atoms with E-state index in [1.807, 2.05) is 0 Å². The average Bonchev–Trinajstić information content (AvgIpc) is 2.55. The fourth-order valence-corrected chi connectivity index (χ4v) is 2.71. The molecule has 1 unspecified atom stereocenters. The Balaban J connectivity index is 2.04. The Kier molecular flexibility index (Phi) is 3.73. The summed E-state index contributed by atoms with van der Waals surface area (Å²) >= 11 is 0. The fraction of sp³-hybridized carbons (Fsp3) is 0.235. The van der Waals surface area contributed by atoms with Crippen molar-refractivity contribution in [2.75, 3.05) is 20.8 Å². The number of carbonyl (C=O) groups is 1. The molecule has 2 N–H and O–H groups in total. The second-order valence-electron chi connectivity index (χ2n) is 5.15. The van der Waals surface area contributed by atoms with Gasteiger partial charge in [-0.05, 0) is 18.2 Å². The first-order valence-electron chi connectivity index (χ1n) is 7.00. The molecular weight excluding hydrogens is 300 g/mol. The Bertz CT molecular complexity index is 768. The maximum Gasteiger partial charge on any atom is 0.203 e. The lowest BCUT2D eigenvalue weighted by molar-refractivity contribution is 0.0893. The number of Topliss-reactive ketones (excluding diaryl/α,β-unsaturated/α-hetero) is 1. The van der Waals surface area contributed by atoms with Crippen LogP contribution in [-0.4, -0.2) is 36.8 Å². The maximum absolute atomic E-state index is 12.7. The first-order valence-corrected chi connectivity index (χ1v) is 7.00. The van der Waals surface area contributed by atoms with Gasteiger partial charge in [-0.15, -0.1) is 0 Å². The zero-order valence-corrected chi connectivity index (χ0v) is 12.7. The summed E-state index contributed by atoms with van der Waals surface area (Å²) in [7, 11) is 2.88. The van der Waals surface area contributed by atoms with Crippen molar-refractivity contribution < 1.29 is 29.2 Å². The highest BCUT2D eigenvalue weighted by Gasteiger charge is 2.33. The van der Waals surface area contributed by atoms with E-state index in [0.29, 0.717) is 22.6 Å². The average molecular weight is 316 g/mol. The first kappa shape index (κ1) is 15.0. The van der Waals surface area contributed by atoms with Crippen LogP contribution < -0.4 is 14.2 Å². The smallest absolute Gasteiger partial charge is 0.203 e. The number of aromatic hydroxyl groups is 2. The second-order valence-corrected chi connectivity index (χ2v) is 5.15. The molecule has 0 spiro atoms. The van der Waals surface area contributed by atoms with Crippen molar-refractivity contribution in [2.45, 2.75) is 5.92 Å². The van der Waals surface area contributed by atoms with Gasteiger partial charge in [-0.3, -0.25) is 4.79 Å². The number of phenols is 2. The number of phenolic OH excluding ortho intramolecular Hbond substituents is 2. The lowest BCUT2D eigenvalue weighted by Gasteiger charge is -2.25. The summed E-state index contributed by atoms with van der Waals surface area (Å²) < 4.78 is 15.8. The number of methoxy groups -OCH3 is 2. The van der Waals surface area contributed by atoms with Gasteiger partial charge in [0.15, 0.2) is 17.3 Å². The van der Waals surface area contributed by atoms with E-state index in [0.717, 1.165) is 0 Å². The van der Waals surface area contributed by atoms with Crippen LogP contribution in [0.3, 0.4) is 0 Å². The van der Waals surface area contributed by atoms with Crippen LogP contribution in [0.4, 0.5) is 0 Å². The van der Waals surface area contributed by atoms with Crippen molar-refractivity contribution in [2.24, 2.45) is 0 Å². The second kappa shape index (κ2) is 5.72. The zero-order chi connectivity index (χ0) is 16.6. The largest absolute Gasteiger partial charge is 0.508 e. The van der Waals surface area contributed by atoms with Crippen molar-refractivity contribution >= 4 is 5.78 Å². The molecule has 2 aromatic carbocycles. The van der Waals surface area contributed by atoms with Gasteiger partial charge in [-0.2, -0.15) is 0 Å². The zero-order valence-electron chi connectivity index (χ0n) is 12.7. The van der Waals surface area contributed by atoms with E-state index in [2.05, 4.69) is 0 Å². The number of ketones is 1. The van der Waals surface area contributed by atoms with Gasteiger partial charge in [0.05, 0.1) is 25.7 Å². The maximum atomic E-state index is 12.7. The topological polar surface area (TPSA) is 85.2 Å². The van der Waals surface area contributed by atoms with E-state index >= 15 is 0 Å². The molecular formula is C17H16O6. The predicted octanol–water partition coefficient (Wildman–Crippen LogP) is 2.47. The van der Waals surface area contributed by atoms with Crippen LogP contribution in [0.25, 0.3) is 0 Å². The minimum absolute atomic E-state index is 0.0314. The highest BCUT2D eigenvalue weighted by atomic mass is 16.5. The number of rotatable bonds is 3. The Morgan fingerprint density at radius 3 is 2.61 bits per heavy atom. The van der Waals surface area contributed by atoms with Crippen molar-refractivity contribution in [1.82, 2.24) is 0 Å². The molecule has 6 nitrogen and oxygen atoms in total. The van der Waals surface area contributed by atoms with Crippen molar-refractivity contribution in [3.8, 4) is 28.7 Å². The van der Waals surface area contributed by atoms with E-state index in [1.54, 1.807) is 12.1 Å². The third-order valence-electron chi connectivity index (χ3n) is 3.88. The highest BCUT2D eigenvalue weighted by molar-refractivity contribution is 6.04. The molecule has 3 rings (SSSR count). The van der Waals surface area contributed by atoms with Crippen LogP contribution in [0, 0.1) is 0 Å². The Hall–Kier alpha value is -2.89. The summed E-state index contributed by atoms with van der Waals surface area (Å²) in [6, 6.07) is 7.59. The van der Waals surface area contributed by atoms with Gasteiger partial charge in [-0.1, -0.05) is 6.07 Å². The number of ether oxygens (including phenoxy) is 3. The van der Waals surface area contributed by atoms with E-state index < -0.39 is 5.92 Å². The third kappa shape index (κ3) is 2.42. The molecule has 120 valence electrons. The van der Waals surface area contributed by atoms with Gasteiger partial charge in [0, 0.05) is 11.6 Å². The van der Waals surface area contributed by atoms with Gasteiger partial charge < -0.3 is 24.4 Å².